The van der Waals surface area contributed by atoms with Crippen molar-refractivity contribution >= 4 is 11.4 Å². The second kappa shape index (κ2) is 5.30. The first-order chi connectivity index (χ1) is 9.38. The monoisotopic (exact) mass is 273 g/mol. The Morgan fingerprint density at radius 3 is 2.35 bits per heavy atom. The summed E-state index contributed by atoms with van der Waals surface area (Å²) < 4.78 is 0.548. The van der Waals surface area contributed by atoms with Crippen molar-refractivity contribution in [1.29, 1.82) is 0 Å². The fourth-order valence-corrected chi connectivity index (χ4v) is 2.14. The molecule has 2 aromatic rings. The van der Waals surface area contributed by atoms with Gasteiger partial charge >= 0.3 is 0 Å². The predicted molar refractivity (Wildman–Crippen MR) is 78.5 cm³/mol. The molecule has 0 bridgehead atoms. The van der Waals surface area contributed by atoms with E-state index in [1.165, 1.54) is 12.1 Å². The lowest BCUT2D eigenvalue weighted by atomic mass is 10.1. The Morgan fingerprint density at radius 2 is 1.80 bits per heavy atom. The molecule has 0 radical (unpaired) electrons. The van der Waals surface area contributed by atoms with E-state index in [0.717, 1.165) is 11.3 Å². The highest BCUT2D eigenvalue weighted by Gasteiger charge is 2.20. The third-order valence-electron chi connectivity index (χ3n) is 3.25. The van der Waals surface area contributed by atoms with Crippen molar-refractivity contribution in [2.45, 2.75) is 6.54 Å². The van der Waals surface area contributed by atoms with E-state index in [2.05, 4.69) is 0 Å². The number of nitro groups is 1. The molecule has 0 heterocycles. The highest BCUT2D eigenvalue weighted by molar-refractivity contribution is 5.47. The van der Waals surface area contributed by atoms with Crippen molar-refractivity contribution in [3.8, 4) is 5.75 Å². The average molecular weight is 273 g/mol. The lowest BCUT2D eigenvalue weighted by Crippen LogP contribution is -2.39. The van der Waals surface area contributed by atoms with Gasteiger partial charge in [-0.05, 0) is 24.3 Å². The highest BCUT2D eigenvalue weighted by Crippen LogP contribution is 2.26. The van der Waals surface area contributed by atoms with Crippen LogP contribution in [-0.2, 0) is 6.54 Å². The Labute approximate surface area is 117 Å². The fraction of sp³-hybridized carbons (Fsp3) is 0.200. The van der Waals surface area contributed by atoms with Crippen LogP contribution < -0.4 is 4.48 Å². The molecule has 0 amide bonds. The molecule has 0 saturated heterocycles. The standard InChI is InChI=1S/C15H16N2O3/c1-17(2,14-4-3-5-15(18)10-14)11-12-6-8-13(9-7-12)16(19)20/h3-10H,11H2,1-2H3/p+1. The topological polar surface area (TPSA) is 63.4 Å². The Bertz CT molecular complexity index is 621. The Morgan fingerprint density at radius 1 is 1.15 bits per heavy atom. The van der Waals surface area contributed by atoms with Crippen LogP contribution >= 0.6 is 0 Å². The summed E-state index contributed by atoms with van der Waals surface area (Å²) in [5.74, 6) is 0.234. The number of phenols is 1. The van der Waals surface area contributed by atoms with E-state index in [-0.39, 0.29) is 11.4 Å². The van der Waals surface area contributed by atoms with Gasteiger partial charge < -0.3 is 5.11 Å². The first kappa shape index (κ1) is 14.0. The van der Waals surface area contributed by atoms with Crippen LogP contribution in [0, 0.1) is 10.1 Å². The molecule has 0 unspecified atom stereocenters. The molecule has 1 N–H and O–H groups in total. The highest BCUT2D eigenvalue weighted by atomic mass is 16.6. The maximum absolute atomic E-state index is 10.6. The van der Waals surface area contributed by atoms with E-state index in [4.69, 9.17) is 0 Å². The number of rotatable bonds is 4. The van der Waals surface area contributed by atoms with Crippen LogP contribution in [0.3, 0.4) is 0 Å². The van der Waals surface area contributed by atoms with Crippen molar-refractivity contribution in [2.75, 3.05) is 14.1 Å². The molecule has 0 fully saturated rings. The summed E-state index contributed by atoms with van der Waals surface area (Å²) in [6.45, 7) is 0.682. The summed E-state index contributed by atoms with van der Waals surface area (Å²) in [5, 5.41) is 20.2. The van der Waals surface area contributed by atoms with Gasteiger partial charge in [0.2, 0.25) is 0 Å². The molecule has 5 heteroatoms. The van der Waals surface area contributed by atoms with E-state index >= 15 is 0 Å². The molecule has 2 rings (SSSR count). The van der Waals surface area contributed by atoms with Crippen LogP contribution in [-0.4, -0.2) is 24.1 Å². The van der Waals surface area contributed by atoms with E-state index in [1.54, 1.807) is 30.3 Å². The summed E-state index contributed by atoms with van der Waals surface area (Å²) in [7, 11) is 4.05. The summed E-state index contributed by atoms with van der Waals surface area (Å²) in [5.41, 5.74) is 2.07. The Hall–Kier alpha value is -2.40. The minimum atomic E-state index is -0.404. The van der Waals surface area contributed by atoms with E-state index < -0.39 is 4.92 Å². The molecule has 0 aliphatic heterocycles. The SMILES string of the molecule is C[N+](C)(Cc1ccc([N+](=O)[O-])cc1)c1cccc(O)c1. The molecule has 5 nitrogen and oxygen atoms in total. The number of benzene rings is 2. The van der Waals surface area contributed by atoms with Gasteiger partial charge in [-0.25, -0.2) is 0 Å². The van der Waals surface area contributed by atoms with E-state index in [1.807, 2.05) is 20.2 Å². The summed E-state index contributed by atoms with van der Waals surface area (Å²) in [6.07, 6.45) is 0. The lowest BCUT2D eigenvalue weighted by molar-refractivity contribution is -0.384. The largest absolute Gasteiger partial charge is 0.508 e. The third-order valence-corrected chi connectivity index (χ3v) is 3.25. The summed E-state index contributed by atoms with van der Waals surface area (Å²) in [6, 6.07) is 13.7. The maximum Gasteiger partial charge on any atom is 0.269 e. The third kappa shape index (κ3) is 3.13. The number of nitro benzene ring substituents is 1. The smallest absolute Gasteiger partial charge is 0.269 e. The Kier molecular flexibility index (Phi) is 3.72. The fourth-order valence-electron chi connectivity index (χ4n) is 2.14. The molecule has 0 aromatic heterocycles. The van der Waals surface area contributed by atoms with Gasteiger partial charge in [-0.1, -0.05) is 6.07 Å². The van der Waals surface area contributed by atoms with Crippen LogP contribution in [0.5, 0.6) is 5.75 Å². The van der Waals surface area contributed by atoms with Gasteiger partial charge in [0.15, 0.2) is 0 Å². The van der Waals surface area contributed by atoms with Crippen molar-refractivity contribution in [1.82, 2.24) is 4.48 Å². The minimum Gasteiger partial charge on any atom is -0.508 e. The first-order valence-corrected chi connectivity index (χ1v) is 6.24. The van der Waals surface area contributed by atoms with Crippen LogP contribution in [0.1, 0.15) is 5.56 Å². The first-order valence-electron chi connectivity index (χ1n) is 6.24. The van der Waals surface area contributed by atoms with Crippen molar-refractivity contribution < 1.29 is 10.0 Å². The van der Waals surface area contributed by atoms with Crippen LogP contribution in [0.4, 0.5) is 11.4 Å². The van der Waals surface area contributed by atoms with E-state index in [9.17, 15) is 15.2 Å². The predicted octanol–water partition coefficient (Wildman–Crippen LogP) is 3.07. The second-order valence-electron chi connectivity index (χ2n) is 5.29. The molecule has 104 valence electrons. The molecule has 2 aromatic carbocycles. The zero-order chi connectivity index (χ0) is 14.8. The molecular formula is C15H17N2O3+. The quantitative estimate of drug-likeness (QED) is 0.529. The number of aromatic hydroxyl groups is 1. The zero-order valence-electron chi connectivity index (χ0n) is 11.5. The average Bonchev–Trinajstić information content (AvgIpc) is 2.39. The molecule has 0 atom stereocenters. The van der Waals surface area contributed by atoms with Crippen LogP contribution in [0.25, 0.3) is 0 Å². The summed E-state index contributed by atoms with van der Waals surface area (Å²) in [4.78, 5) is 10.2. The lowest BCUT2D eigenvalue weighted by Gasteiger charge is -2.29. The normalized spacial score (nSPS) is 11.3. The molecule has 0 spiro atoms. The van der Waals surface area contributed by atoms with Gasteiger partial charge in [-0.2, -0.15) is 0 Å². The minimum absolute atomic E-state index is 0.0939. The Balaban J connectivity index is 2.21. The number of phenolic OH excluding ortho intramolecular Hbond substituents is 1. The van der Waals surface area contributed by atoms with Crippen molar-refractivity contribution in [2.24, 2.45) is 0 Å². The second-order valence-corrected chi connectivity index (χ2v) is 5.29. The van der Waals surface area contributed by atoms with Crippen LogP contribution in [0.15, 0.2) is 48.5 Å². The van der Waals surface area contributed by atoms with Gasteiger partial charge in [0.1, 0.15) is 18.0 Å². The molecular weight excluding hydrogens is 256 g/mol. The van der Waals surface area contributed by atoms with Gasteiger partial charge in [-0.15, -0.1) is 0 Å². The number of hydrogen-bond acceptors (Lipinski definition) is 3. The number of hydrogen-bond donors (Lipinski definition) is 1. The maximum atomic E-state index is 10.6. The van der Waals surface area contributed by atoms with Gasteiger partial charge in [0.25, 0.3) is 5.69 Å². The molecule has 0 aliphatic rings. The van der Waals surface area contributed by atoms with Gasteiger partial charge in [-0.3, -0.25) is 14.6 Å². The molecule has 20 heavy (non-hydrogen) atoms. The molecule has 0 saturated carbocycles. The number of non-ortho nitro benzene ring substituents is 1. The van der Waals surface area contributed by atoms with Crippen LogP contribution in [0.2, 0.25) is 0 Å². The zero-order valence-corrected chi connectivity index (χ0v) is 11.5. The summed E-state index contributed by atoms with van der Waals surface area (Å²) >= 11 is 0. The van der Waals surface area contributed by atoms with Gasteiger partial charge in [0, 0.05) is 23.8 Å². The van der Waals surface area contributed by atoms with E-state index in [0.29, 0.717) is 11.0 Å². The van der Waals surface area contributed by atoms with Crippen molar-refractivity contribution in [3.05, 3.63) is 64.2 Å². The van der Waals surface area contributed by atoms with Crippen molar-refractivity contribution in [3.63, 3.8) is 0 Å². The van der Waals surface area contributed by atoms with Gasteiger partial charge in [0.05, 0.1) is 19.0 Å². The number of quaternary nitrogens is 1. The molecule has 0 aliphatic carbocycles. The number of nitrogens with zero attached hydrogens (tertiary/aromatic N) is 2.